The Morgan fingerprint density at radius 3 is 2.41 bits per heavy atom. The second-order valence-corrected chi connectivity index (χ2v) is 6.80. The van der Waals surface area contributed by atoms with Gasteiger partial charge in [0.2, 0.25) is 5.56 Å². The molecule has 0 aliphatic carbocycles. The van der Waals surface area contributed by atoms with Crippen molar-refractivity contribution < 1.29 is 19.4 Å². The Labute approximate surface area is 157 Å². The van der Waals surface area contributed by atoms with Crippen LogP contribution in [0.4, 0.5) is 0 Å². The number of aromatic nitrogens is 1. The average Bonchev–Trinajstić information content (AvgIpc) is 2.59. The molecule has 1 aromatic carbocycles. The number of aromatic amines is 1. The fourth-order valence-electron chi connectivity index (χ4n) is 2.64. The highest BCUT2D eigenvalue weighted by atomic mass is 16.5. The maximum atomic E-state index is 12.5. The van der Waals surface area contributed by atoms with Crippen molar-refractivity contribution in [3.63, 3.8) is 0 Å². The van der Waals surface area contributed by atoms with Crippen molar-refractivity contribution in [3.8, 4) is 5.75 Å². The van der Waals surface area contributed by atoms with Gasteiger partial charge in [-0.3, -0.25) is 9.59 Å². The maximum Gasteiger partial charge on any atom is 0.341 e. The van der Waals surface area contributed by atoms with Gasteiger partial charge in [0.1, 0.15) is 5.75 Å². The van der Waals surface area contributed by atoms with E-state index in [1.165, 1.54) is 6.07 Å². The molecule has 7 nitrogen and oxygen atoms in total. The van der Waals surface area contributed by atoms with Crippen LogP contribution in [0.3, 0.4) is 0 Å². The molecule has 1 unspecified atom stereocenters. The lowest BCUT2D eigenvalue weighted by atomic mass is 10.0. The van der Waals surface area contributed by atoms with Crippen LogP contribution in [0.1, 0.15) is 48.4 Å². The number of aliphatic carboxylic acids is 1. The number of hydrogen-bond acceptors (Lipinski definition) is 4. The number of ether oxygens (including phenoxy) is 1. The number of rotatable bonds is 8. The minimum Gasteiger partial charge on any atom is -0.482 e. The number of benzene rings is 1. The Hall–Kier alpha value is -3.09. The van der Waals surface area contributed by atoms with E-state index in [-0.39, 0.29) is 17.5 Å². The molecule has 2 rings (SSSR count). The molecule has 1 heterocycles. The molecule has 1 atom stereocenters. The summed E-state index contributed by atoms with van der Waals surface area (Å²) >= 11 is 0. The van der Waals surface area contributed by atoms with Gasteiger partial charge in [-0.05, 0) is 43.0 Å². The van der Waals surface area contributed by atoms with Crippen LogP contribution in [0.2, 0.25) is 0 Å². The molecule has 2 aromatic rings. The molecule has 0 saturated carbocycles. The van der Waals surface area contributed by atoms with E-state index in [4.69, 9.17) is 9.84 Å². The van der Waals surface area contributed by atoms with Crippen molar-refractivity contribution in [2.75, 3.05) is 6.61 Å². The lowest BCUT2D eigenvalue weighted by Gasteiger charge is -2.15. The third kappa shape index (κ3) is 6.29. The van der Waals surface area contributed by atoms with E-state index in [9.17, 15) is 14.4 Å². The molecule has 7 heteroatoms. The highest BCUT2D eigenvalue weighted by Gasteiger charge is 2.14. The van der Waals surface area contributed by atoms with E-state index < -0.39 is 12.6 Å². The smallest absolute Gasteiger partial charge is 0.341 e. The first kappa shape index (κ1) is 20.2. The fraction of sp³-hybridized carbons (Fsp3) is 0.350. The van der Waals surface area contributed by atoms with Gasteiger partial charge in [-0.1, -0.05) is 26.0 Å². The second-order valence-electron chi connectivity index (χ2n) is 6.80. The lowest BCUT2D eigenvalue weighted by Crippen LogP contribution is -2.28. The number of nitrogens with one attached hydrogen (secondary N) is 2. The third-order valence-electron chi connectivity index (χ3n) is 3.88. The first-order valence-corrected chi connectivity index (χ1v) is 8.73. The van der Waals surface area contributed by atoms with E-state index in [2.05, 4.69) is 10.3 Å². The van der Waals surface area contributed by atoms with E-state index in [0.717, 1.165) is 11.3 Å². The summed E-state index contributed by atoms with van der Waals surface area (Å²) in [5, 5.41) is 11.5. The van der Waals surface area contributed by atoms with E-state index >= 15 is 0 Å². The first-order chi connectivity index (χ1) is 12.7. The van der Waals surface area contributed by atoms with Gasteiger partial charge in [0.05, 0.1) is 6.04 Å². The predicted molar refractivity (Wildman–Crippen MR) is 101 cm³/mol. The van der Waals surface area contributed by atoms with E-state index in [0.29, 0.717) is 23.7 Å². The molecule has 144 valence electrons. The topological polar surface area (TPSA) is 108 Å². The molecule has 0 spiro atoms. The minimum absolute atomic E-state index is 0.293. The SMILES string of the molecule is CC(C)Cc1cc(C(=O)NC(C)c2ccc(OCC(=O)O)cc2)cc(=O)[nH]1. The van der Waals surface area contributed by atoms with Crippen LogP contribution in [0.5, 0.6) is 5.75 Å². The van der Waals surface area contributed by atoms with Crippen LogP contribution in [-0.2, 0) is 11.2 Å². The molecule has 0 fully saturated rings. The Morgan fingerprint density at radius 2 is 1.81 bits per heavy atom. The lowest BCUT2D eigenvalue weighted by molar-refractivity contribution is -0.139. The molecule has 1 amide bonds. The Balaban J connectivity index is 2.05. The van der Waals surface area contributed by atoms with Crippen molar-refractivity contribution >= 4 is 11.9 Å². The van der Waals surface area contributed by atoms with Crippen molar-refractivity contribution in [2.45, 2.75) is 33.2 Å². The summed E-state index contributed by atoms with van der Waals surface area (Å²) in [5.74, 6) is -0.577. The Bertz CT molecular complexity index is 855. The van der Waals surface area contributed by atoms with E-state index in [1.807, 2.05) is 20.8 Å². The summed E-state index contributed by atoms with van der Waals surface area (Å²) in [7, 11) is 0. The highest BCUT2D eigenvalue weighted by molar-refractivity contribution is 5.94. The van der Waals surface area contributed by atoms with Crippen LogP contribution in [0.15, 0.2) is 41.2 Å². The van der Waals surface area contributed by atoms with Crippen LogP contribution < -0.4 is 15.6 Å². The van der Waals surface area contributed by atoms with Crippen LogP contribution in [0.25, 0.3) is 0 Å². The number of carbonyl (C=O) groups excluding carboxylic acids is 1. The maximum absolute atomic E-state index is 12.5. The van der Waals surface area contributed by atoms with Crippen molar-refractivity contribution in [3.05, 3.63) is 63.6 Å². The van der Waals surface area contributed by atoms with Crippen molar-refractivity contribution in [2.24, 2.45) is 5.92 Å². The number of amides is 1. The number of carboxylic acids is 1. The Morgan fingerprint density at radius 1 is 1.15 bits per heavy atom. The molecular formula is C20H24N2O5. The number of carbonyl (C=O) groups is 2. The third-order valence-corrected chi connectivity index (χ3v) is 3.88. The van der Waals surface area contributed by atoms with Crippen molar-refractivity contribution in [1.82, 2.24) is 10.3 Å². The van der Waals surface area contributed by atoms with Crippen LogP contribution in [0, 0.1) is 5.92 Å². The molecule has 1 aromatic heterocycles. The molecule has 27 heavy (non-hydrogen) atoms. The number of carboxylic acid groups (broad SMARTS) is 1. The summed E-state index contributed by atoms with van der Waals surface area (Å²) in [5.41, 5.74) is 1.59. The quantitative estimate of drug-likeness (QED) is 0.660. The molecule has 0 aliphatic heterocycles. The zero-order valence-electron chi connectivity index (χ0n) is 15.6. The average molecular weight is 372 g/mol. The molecule has 0 radical (unpaired) electrons. The largest absolute Gasteiger partial charge is 0.482 e. The Kier molecular flexibility index (Phi) is 6.76. The second kappa shape index (κ2) is 9.02. The van der Waals surface area contributed by atoms with Crippen LogP contribution in [-0.4, -0.2) is 28.6 Å². The zero-order valence-corrected chi connectivity index (χ0v) is 15.6. The molecule has 0 saturated heterocycles. The normalized spacial score (nSPS) is 11.9. The molecule has 0 aliphatic rings. The van der Waals surface area contributed by atoms with Gasteiger partial charge in [0.15, 0.2) is 6.61 Å². The van der Waals surface area contributed by atoms with Gasteiger partial charge in [-0.15, -0.1) is 0 Å². The standard InChI is InChI=1S/C20H24N2O5/c1-12(2)8-16-9-15(10-18(23)22-16)20(26)21-13(3)14-4-6-17(7-5-14)27-11-19(24)25/h4-7,9-10,12-13H,8,11H2,1-3H3,(H,21,26)(H,22,23)(H,24,25). The summed E-state index contributed by atoms with van der Waals surface area (Å²) in [6.45, 7) is 5.49. The zero-order chi connectivity index (χ0) is 20.0. The van der Waals surface area contributed by atoms with Crippen LogP contribution >= 0.6 is 0 Å². The van der Waals surface area contributed by atoms with E-state index in [1.54, 1.807) is 30.3 Å². The summed E-state index contributed by atoms with van der Waals surface area (Å²) in [6.07, 6.45) is 0.684. The molecular weight excluding hydrogens is 348 g/mol. The van der Waals surface area contributed by atoms with Gasteiger partial charge in [0.25, 0.3) is 5.91 Å². The summed E-state index contributed by atoms with van der Waals surface area (Å²) in [6, 6.07) is 9.50. The van der Waals surface area contributed by atoms with Gasteiger partial charge in [-0.25, -0.2) is 4.79 Å². The molecule has 0 bridgehead atoms. The monoisotopic (exact) mass is 372 g/mol. The number of pyridine rings is 1. The van der Waals surface area contributed by atoms with Gasteiger partial charge >= 0.3 is 5.97 Å². The summed E-state index contributed by atoms with van der Waals surface area (Å²) in [4.78, 5) is 37.6. The van der Waals surface area contributed by atoms with Gasteiger partial charge in [0, 0.05) is 17.3 Å². The predicted octanol–water partition coefficient (Wildman–Crippen LogP) is 2.53. The van der Waals surface area contributed by atoms with Gasteiger partial charge < -0.3 is 20.1 Å². The van der Waals surface area contributed by atoms with Gasteiger partial charge in [-0.2, -0.15) is 0 Å². The number of hydrogen-bond donors (Lipinski definition) is 3. The first-order valence-electron chi connectivity index (χ1n) is 8.73. The molecule has 3 N–H and O–H groups in total. The highest BCUT2D eigenvalue weighted by Crippen LogP contribution is 2.18. The fourth-order valence-corrected chi connectivity index (χ4v) is 2.64. The minimum atomic E-state index is -1.05. The summed E-state index contributed by atoms with van der Waals surface area (Å²) < 4.78 is 5.09. The van der Waals surface area contributed by atoms with Crippen molar-refractivity contribution in [1.29, 1.82) is 0 Å². The number of H-pyrrole nitrogens is 1.